The van der Waals surface area contributed by atoms with Crippen LogP contribution in [0.2, 0.25) is 0 Å². The molecule has 100 valence electrons. The molecule has 0 fully saturated rings. The molecule has 1 amide bonds. The molecule has 1 rings (SSSR count). The van der Waals surface area contributed by atoms with Crippen LogP contribution < -0.4 is 0 Å². The second-order valence-corrected chi connectivity index (χ2v) is 5.40. The minimum Gasteiger partial charge on any atom is -0.453 e. The SMILES string of the molecule is COC(=O)N(C)C(c1ccc(F)cc1)C(C)(C)C. The van der Waals surface area contributed by atoms with E-state index in [0.29, 0.717) is 0 Å². The van der Waals surface area contributed by atoms with Gasteiger partial charge in [0.1, 0.15) is 5.82 Å². The van der Waals surface area contributed by atoms with Crippen LogP contribution in [0.1, 0.15) is 32.4 Å². The molecule has 1 aromatic rings. The van der Waals surface area contributed by atoms with Crippen molar-refractivity contribution in [1.29, 1.82) is 0 Å². The van der Waals surface area contributed by atoms with E-state index in [1.165, 1.54) is 24.1 Å². The van der Waals surface area contributed by atoms with E-state index in [-0.39, 0.29) is 17.3 Å². The Bertz CT molecular complexity index is 409. The molecule has 0 saturated carbocycles. The van der Waals surface area contributed by atoms with Gasteiger partial charge in [-0.25, -0.2) is 9.18 Å². The lowest BCUT2D eigenvalue weighted by Gasteiger charge is -2.37. The van der Waals surface area contributed by atoms with Gasteiger partial charge in [0, 0.05) is 7.05 Å². The normalized spacial score (nSPS) is 13.0. The summed E-state index contributed by atoms with van der Waals surface area (Å²) in [7, 11) is 3.04. The van der Waals surface area contributed by atoms with Crippen LogP contribution in [-0.2, 0) is 4.74 Å². The molecule has 3 nitrogen and oxygen atoms in total. The van der Waals surface area contributed by atoms with Crippen molar-refractivity contribution in [3.8, 4) is 0 Å². The maximum absolute atomic E-state index is 13.0. The summed E-state index contributed by atoms with van der Waals surface area (Å²) in [5.74, 6) is -0.285. The Morgan fingerprint density at radius 3 is 2.17 bits per heavy atom. The number of methoxy groups -OCH3 is 1. The number of nitrogens with zero attached hydrogens (tertiary/aromatic N) is 1. The molecule has 0 N–H and O–H groups in total. The minimum absolute atomic E-state index is 0.175. The van der Waals surface area contributed by atoms with Crippen molar-refractivity contribution in [1.82, 2.24) is 4.90 Å². The topological polar surface area (TPSA) is 29.5 Å². The maximum atomic E-state index is 13.0. The second kappa shape index (κ2) is 5.38. The molecule has 1 atom stereocenters. The van der Waals surface area contributed by atoms with Crippen molar-refractivity contribution in [2.45, 2.75) is 26.8 Å². The lowest BCUT2D eigenvalue weighted by molar-refractivity contribution is 0.0840. The van der Waals surface area contributed by atoms with Gasteiger partial charge in [0.15, 0.2) is 0 Å². The van der Waals surface area contributed by atoms with Gasteiger partial charge in [-0.05, 0) is 23.1 Å². The van der Waals surface area contributed by atoms with Crippen molar-refractivity contribution in [2.24, 2.45) is 5.41 Å². The summed E-state index contributed by atoms with van der Waals surface area (Å²) in [6.45, 7) is 6.08. The van der Waals surface area contributed by atoms with E-state index < -0.39 is 6.09 Å². The van der Waals surface area contributed by atoms with Crippen LogP contribution in [0.25, 0.3) is 0 Å². The summed E-state index contributed by atoms with van der Waals surface area (Å²) in [6.07, 6.45) is -0.403. The van der Waals surface area contributed by atoms with Crippen LogP contribution >= 0.6 is 0 Å². The average Bonchev–Trinajstić information content (AvgIpc) is 2.29. The van der Waals surface area contributed by atoms with Gasteiger partial charge in [-0.3, -0.25) is 0 Å². The summed E-state index contributed by atoms with van der Waals surface area (Å²) >= 11 is 0. The molecule has 0 saturated heterocycles. The summed E-state index contributed by atoms with van der Waals surface area (Å²) in [6, 6.07) is 6.03. The van der Waals surface area contributed by atoms with Gasteiger partial charge in [-0.2, -0.15) is 0 Å². The van der Waals surface area contributed by atoms with Crippen molar-refractivity contribution in [3.63, 3.8) is 0 Å². The summed E-state index contributed by atoms with van der Waals surface area (Å²) < 4.78 is 17.7. The van der Waals surface area contributed by atoms with Crippen LogP contribution in [0.3, 0.4) is 0 Å². The number of rotatable bonds is 2. The van der Waals surface area contributed by atoms with Gasteiger partial charge in [-0.1, -0.05) is 32.9 Å². The van der Waals surface area contributed by atoms with Gasteiger partial charge >= 0.3 is 6.09 Å². The van der Waals surface area contributed by atoms with Crippen LogP contribution in [0.15, 0.2) is 24.3 Å². The lowest BCUT2D eigenvalue weighted by atomic mass is 9.81. The zero-order valence-corrected chi connectivity index (χ0v) is 11.5. The molecule has 0 aromatic heterocycles. The molecule has 0 bridgehead atoms. The van der Waals surface area contributed by atoms with Crippen LogP contribution in [-0.4, -0.2) is 25.2 Å². The Hall–Kier alpha value is -1.58. The van der Waals surface area contributed by atoms with Crippen molar-refractivity contribution in [3.05, 3.63) is 35.6 Å². The quantitative estimate of drug-likeness (QED) is 0.805. The fraction of sp³-hybridized carbons (Fsp3) is 0.500. The van der Waals surface area contributed by atoms with Crippen molar-refractivity contribution >= 4 is 6.09 Å². The first-order valence-electron chi connectivity index (χ1n) is 5.83. The predicted octanol–water partition coefficient (Wildman–Crippen LogP) is 3.61. The zero-order chi connectivity index (χ0) is 13.9. The molecule has 0 aliphatic heterocycles. The van der Waals surface area contributed by atoms with E-state index in [9.17, 15) is 9.18 Å². The predicted molar refractivity (Wildman–Crippen MR) is 68.8 cm³/mol. The number of ether oxygens (including phenoxy) is 1. The standard InChI is InChI=1S/C14H20FNO2/c1-14(2,3)12(16(4)13(17)18-5)10-6-8-11(15)9-7-10/h6-9,12H,1-5H3. The Balaban J connectivity index is 3.14. The van der Waals surface area contributed by atoms with E-state index in [0.717, 1.165) is 5.56 Å². The molecule has 1 unspecified atom stereocenters. The number of carbonyl (C=O) groups excluding carboxylic acids is 1. The van der Waals surface area contributed by atoms with E-state index in [4.69, 9.17) is 4.74 Å². The average molecular weight is 253 g/mol. The van der Waals surface area contributed by atoms with E-state index >= 15 is 0 Å². The zero-order valence-electron chi connectivity index (χ0n) is 11.5. The first-order valence-corrected chi connectivity index (χ1v) is 5.83. The molecular weight excluding hydrogens is 233 g/mol. The highest BCUT2D eigenvalue weighted by Gasteiger charge is 2.33. The van der Waals surface area contributed by atoms with E-state index in [1.54, 1.807) is 19.2 Å². The third-order valence-corrected chi connectivity index (χ3v) is 2.86. The Morgan fingerprint density at radius 2 is 1.78 bits per heavy atom. The molecule has 0 aliphatic carbocycles. The minimum atomic E-state index is -0.403. The van der Waals surface area contributed by atoms with Crippen molar-refractivity contribution in [2.75, 3.05) is 14.2 Å². The molecule has 1 aromatic carbocycles. The number of hydrogen-bond donors (Lipinski definition) is 0. The first-order chi connectivity index (χ1) is 8.27. The molecular formula is C14H20FNO2. The third kappa shape index (κ3) is 3.22. The number of benzene rings is 1. The van der Waals surface area contributed by atoms with Crippen LogP contribution in [0.4, 0.5) is 9.18 Å². The number of amides is 1. The fourth-order valence-corrected chi connectivity index (χ4v) is 2.20. The van der Waals surface area contributed by atoms with E-state index in [2.05, 4.69) is 0 Å². The second-order valence-electron chi connectivity index (χ2n) is 5.40. The van der Waals surface area contributed by atoms with Crippen molar-refractivity contribution < 1.29 is 13.9 Å². The summed E-state index contributed by atoms with van der Waals surface area (Å²) in [4.78, 5) is 13.2. The molecule has 0 spiro atoms. The Labute approximate surface area is 108 Å². The Morgan fingerprint density at radius 1 is 1.28 bits per heavy atom. The number of carbonyl (C=O) groups is 1. The largest absolute Gasteiger partial charge is 0.453 e. The van der Waals surface area contributed by atoms with Gasteiger partial charge in [0.05, 0.1) is 13.2 Å². The lowest BCUT2D eigenvalue weighted by Crippen LogP contribution is -2.38. The highest BCUT2D eigenvalue weighted by atomic mass is 19.1. The third-order valence-electron chi connectivity index (χ3n) is 2.86. The van der Waals surface area contributed by atoms with E-state index in [1.807, 2.05) is 20.8 Å². The van der Waals surface area contributed by atoms with Gasteiger partial charge in [0.25, 0.3) is 0 Å². The molecule has 18 heavy (non-hydrogen) atoms. The summed E-state index contributed by atoms with van der Waals surface area (Å²) in [5.41, 5.74) is 0.706. The van der Waals surface area contributed by atoms with Crippen LogP contribution in [0, 0.1) is 11.2 Å². The number of hydrogen-bond acceptors (Lipinski definition) is 2. The summed E-state index contributed by atoms with van der Waals surface area (Å²) in [5, 5.41) is 0. The highest BCUT2D eigenvalue weighted by Crippen LogP contribution is 2.37. The fourth-order valence-electron chi connectivity index (χ4n) is 2.20. The van der Waals surface area contributed by atoms with Crippen LogP contribution in [0.5, 0.6) is 0 Å². The molecule has 0 radical (unpaired) electrons. The molecule has 0 aliphatic rings. The monoisotopic (exact) mass is 253 g/mol. The molecule has 4 heteroatoms. The highest BCUT2D eigenvalue weighted by molar-refractivity contribution is 5.67. The maximum Gasteiger partial charge on any atom is 0.409 e. The first kappa shape index (κ1) is 14.5. The Kier molecular flexibility index (Phi) is 4.33. The number of halogens is 1. The van der Waals surface area contributed by atoms with Gasteiger partial charge in [-0.15, -0.1) is 0 Å². The van der Waals surface area contributed by atoms with Gasteiger partial charge in [0.2, 0.25) is 0 Å². The van der Waals surface area contributed by atoms with Gasteiger partial charge < -0.3 is 9.64 Å². The smallest absolute Gasteiger partial charge is 0.409 e. The molecule has 0 heterocycles.